The summed E-state index contributed by atoms with van der Waals surface area (Å²) in [6, 6.07) is 20.7. The van der Waals surface area contributed by atoms with Crippen LogP contribution in [0.5, 0.6) is 0 Å². The summed E-state index contributed by atoms with van der Waals surface area (Å²) in [7, 11) is 0. The van der Waals surface area contributed by atoms with Gasteiger partial charge in [-0.05, 0) is 24.5 Å². The van der Waals surface area contributed by atoms with Gasteiger partial charge in [0.15, 0.2) is 0 Å². The molecule has 1 amide bonds. The van der Waals surface area contributed by atoms with E-state index in [1.165, 1.54) is 22.7 Å². The van der Waals surface area contributed by atoms with Crippen molar-refractivity contribution in [2.75, 3.05) is 24.5 Å². The van der Waals surface area contributed by atoms with Gasteiger partial charge in [-0.2, -0.15) is 4.37 Å². The van der Waals surface area contributed by atoms with Crippen LogP contribution in [0.3, 0.4) is 0 Å². The minimum Gasteiger partial charge on any atom is -0.343 e. The Morgan fingerprint density at radius 1 is 1.03 bits per heavy atom. The van der Waals surface area contributed by atoms with E-state index in [0.29, 0.717) is 6.42 Å². The first-order valence-electron chi connectivity index (χ1n) is 10.1. The highest BCUT2D eigenvalue weighted by Gasteiger charge is 2.28. The second kappa shape index (κ2) is 9.18. The Morgan fingerprint density at radius 2 is 1.72 bits per heavy atom. The van der Waals surface area contributed by atoms with Crippen LogP contribution in [-0.2, 0) is 17.6 Å². The highest BCUT2D eigenvalue weighted by molar-refractivity contribution is 7.09. The van der Waals surface area contributed by atoms with Gasteiger partial charge in [-0.15, -0.1) is 0 Å². The van der Waals surface area contributed by atoms with Crippen molar-refractivity contribution in [1.29, 1.82) is 0 Å². The number of aryl methyl sites for hydroxylation is 1. The molecule has 1 aliphatic heterocycles. The van der Waals surface area contributed by atoms with Gasteiger partial charge in [-0.3, -0.25) is 4.79 Å². The summed E-state index contributed by atoms with van der Waals surface area (Å²) in [5, 5.41) is 0.958. The van der Waals surface area contributed by atoms with Crippen LogP contribution in [-0.4, -0.2) is 45.8 Å². The average molecular weight is 407 g/mol. The lowest BCUT2D eigenvalue weighted by atomic mass is 10.1. The lowest BCUT2D eigenvalue weighted by molar-refractivity contribution is -0.133. The van der Waals surface area contributed by atoms with Crippen molar-refractivity contribution >= 4 is 22.6 Å². The molecule has 1 atom stereocenters. The number of hydrogen-bond acceptors (Lipinski definition) is 5. The highest BCUT2D eigenvalue weighted by Crippen LogP contribution is 2.23. The molecule has 0 saturated carbocycles. The predicted molar refractivity (Wildman–Crippen MR) is 117 cm³/mol. The third kappa shape index (κ3) is 5.01. The van der Waals surface area contributed by atoms with Crippen molar-refractivity contribution in [2.45, 2.75) is 32.2 Å². The summed E-state index contributed by atoms with van der Waals surface area (Å²) in [6.07, 6.45) is 2.12. The second-order valence-corrected chi connectivity index (χ2v) is 8.25. The fourth-order valence-electron chi connectivity index (χ4n) is 3.76. The normalized spacial score (nSPS) is 16.8. The van der Waals surface area contributed by atoms with Crippen LogP contribution < -0.4 is 4.90 Å². The first kappa shape index (κ1) is 19.6. The van der Waals surface area contributed by atoms with E-state index in [2.05, 4.69) is 40.5 Å². The maximum atomic E-state index is 12.7. The zero-order valence-electron chi connectivity index (χ0n) is 16.7. The van der Waals surface area contributed by atoms with Crippen molar-refractivity contribution in [3.05, 3.63) is 77.6 Å². The number of carbonyl (C=O) groups excluding carboxylic acids is 1. The molecule has 0 unspecified atom stereocenters. The molecule has 0 N–H and O–H groups in total. The summed E-state index contributed by atoms with van der Waals surface area (Å²) in [6.45, 7) is 4.47. The minimum absolute atomic E-state index is 0.175. The van der Waals surface area contributed by atoms with E-state index in [4.69, 9.17) is 4.98 Å². The molecule has 1 aliphatic rings. The molecule has 3 aromatic rings. The van der Waals surface area contributed by atoms with Crippen LogP contribution in [0.1, 0.15) is 30.3 Å². The fraction of sp³-hybridized carbons (Fsp3) is 0.348. The largest absolute Gasteiger partial charge is 0.343 e. The van der Waals surface area contributed by atoms with Gasteiger partial charge >= 0.3 is 0 Å². The van der Waals surface area contributed by atoms with E-state index in [0.717, 1.165) is 43.4 Å². The van der Waals surface area contributed by atoms with Gasteiger partial charge in [-0.1, -0.05) is 60.7 Å². The van der Waals surface area contributed by atoms with Crippen LogP contribution in [0.4, 0.5) is 5.13 Å². The van der Waals surface area contributed by atoms with Gasteiger partial charge in [0.05, 0.1) is 0 Å². The number of piperazine rings is 1. The molecule has 150 valence electrons. The van der Waals surface area contributed by atoms with Crippen LogP contribution in [0, 0.1) is 0 Å². The maximum absolute atomic E-state index is 12.7. The number of benzene rings is 2. The average Bonchev–Trinajstić information content (AvgIpc) is 3.22. The molecule has 0 aliphatic carbocycles. The molecular weight excluding hydrogens is 380 g/mol. The molecule has 0 spiro atoms. The number of rotatable bonds is 6. The van der Waals surface area contributed by atoms with Crippen LogP contribution in [0.2, 0.25) is 0 Å². The topological polar surface area (TPSA) is 49.3 Å². The number of anilines is 1. The zero-order valence-corrected chi connectivity index (χ0v) is 17.5. The molecule has 2 heterocycles. The molecule has 4 rings (SSSR count). The molecule has 5 nitrogen and oxygen atoms in total. The summed E-state index contributed by atoms with van der Waals surface area (Å²) in [4.78, 5) is 21.7. The Morgan fingerprint density at radius 3 is 2.41 bits per heavy atom. The van der Waals surface area contributed by atoms with E-state index in [-0.39, 0.29) is 11.9 Å². The SMILES string of the molecule is C[C@H]1CN(c2nc(Cc3ccccc3)ns2)CCN1C(=O)CCc1ccccc1. The van der Waals surface area contributed by atoms with Crippen molar-refractivity contribution in [1.82, 2.24) is 14.3 Å². The van der Waals surface area contributed by atoms with E-state index in [9.17, 15) is 4.79 Å². The quantitative estimate of drug-likeness (QED) is 0.625. The van der Waals surface area contributed by atoms with Crippen LogP contribution >= 0.6 is 11.5 Å². The first-order valence-corrected chi connectivity index (χ1v) is 10.9. The highest BCUT2D eigenvalue weighted by atomic mass is 32.1. The van der Waals surface area contributed by atoms with E-state index >= 15 is 0 Å². The fourth-order valence-corrected chi connectivity index (χ4v) is 4.48. The Balaban J connectivity index is 1.31. The van der Waals surface area contributed by atoms with Gasteiger partial charge in [0.25, 0.3) is 0 Å². The summed E-state index contributed by atoms with van der Waals surface area (Å²) >= 11 is 1.46. The van der Waals surface area contributed by atoms with E-state index in [1.54, 1.807) is 0 Å². The summed E-state index contributed by atoms with van der Waals surface area (Å²) in [5.74, 6) is 1.10. The summed E-state index contributed by atoms with van der Waals surface area (Å²) in [5.41, 5.74) is 2.44. The maximum Gasteiger partial charge on any atom is 0.223 e. The van der Waals surface area contributed by atoms with Crippen molar-refractivity contribution < 1.29 is 4.79 Å². The Hall–Kier alpha value is -2.73. The first-order chi connectivity index (χ1) is 14.2. The van der Waals surface area contributed by atoms with Gasteiger partial charge in [-0.25, -0.2) is 4.98 Å². The molecule has 29 heavy (non-hydrogen) atoms. The third-order valence-corrected chi connectivity index (χ3v) is 6.17. The molecule has 1 aromatic heterocycles. The van der Waals surface area contributed by atoms with Crippen LogP contribution in [0.15, 0.2) is 60.7 Å². The Kier molecular flexibility index (Phi) is 6.20. The number of nitrogens with zero attached hydrogens (tertiary/aromatic N) is 4. The number of hydrogen-bond donors (Lipinski definition) is 0. The molecule has 0 radical (unpaired) electrons. The molecule has 2 aromatic carbocycles. The van der Waals surface area contributed by atoms with Gasteiger partial charge < -0.3 is 9.80 Å². The Labute approximate surface area is 176 Å². The number of aromatic nitrogens is 2. The van der Waals surface area contributed by atoms with Crippen molar-refractivity contribution in [3.63, 3.8) is 0 Å². The standard InChI is InChI=1S/C23H26N4OS/c1-18-17-26(23-24-21(25-29-23)16-20-10-6-3-7-11-20)14-15-27(18)22(28)13-12-19-8-4-2-5-9-19/h2-11,18H,12-17H2,1H3/t18-/m0/s1. The van der Waals surface area contributed by atoms with Gasteiger partial charge in [0, 0.05) is 50.1 Å². The smallest absolute Gasteiger partial charge is 0.223 e. The molecule has 1 fully saturated rings. The number of carbonyl (C=O) groups is 1. The van der Waals surface area contributed by atoms with Crippen molar-refractivity contribution in [3.8, 4) is 0 Å². The summed E-state index contributed by atoms with van der Waals surface area (Å²) < 4.78 is 4.54. The predicted octanol–water partition coefficient (Wildman–Crippen LogP) is 3.80. The molecular formula is C23H26N4OS. The number of amides is 1. The van der Waals surface area contributed by atoms with E-state index in [1.807, 2.05) is 41.3 Å². The Bertz CT molecular complexity index is 928. The van der Waals surface area contributed by atoms with Gasteiger partial charge in [0.1, 0.15) is 5.82 Å². The second-order valence-electron chi connectivity index (χ2n) is 7.52. The van der Waals surface area contributed by atoms with Gasteiger partial charge in [0.2, 0.25) is 11.0 Å². The molecule has 0 bridgehead atoms. The lowest BCUT2D eigenvalue weighted by Gasteiger charge is -2.39. The molecule has 1 saturated heterocycles. The minimum atomic E-state index is 0.175. The molecule has 6 heteroatoms. The monoisotopic (exact) mass is 406 g/mol. The zero-order chi connectivity index (χ0) is 20.1. The van der Waals surface area contributed by atoms with Crippen LogP contribution in [0.25, 0.3) is 0 Å². The van der Waals surface area contributed by atoms with Crippen molar-refractivity contribution in [2.24, 2.45) is 0 Å². The lowest BCUT2D eigenvalue weighted by Crippen LogP contribution is -2.54. The van der Waals surface area contributed by atoms with E-state index < -0.39 is 0 Å². The third-order valence-electron chi connectivity index (χ3n) is 5.35.